The Morgan fingerprint density at radius 2 is 2.05 bits per heavy atom. The number of carbonyl (C=O) groups excluding carboxylic acids is 1. The van der Waals surface area contributed by atoms with Gasteiger partial charge in [-0.2, -0.15) is 0 Å². The van der Waals surface area contributed by atoms with E-state index in [-0.39, 0.29) is 11.9 Å². The van der Waals surface area contributed by atoms with E-state index in [2.05, 4.69) is 22.2 Å². The Kier molecular flexibility index (Phi) is 5.19. The summed E-state index contributed by atoms with van der Waals surface area (Å²) in [6.07, 6.45) is 2.48. The second kappa shape index (κ2) is 6.68. The molecule has 110 valence electrons. The zero-order valence-electron chi connectivity index (χ0n) is 12.6. The average molecular weight is 268 g/mol. The van der Waals surface area contributed by atoms with Crippen LogP contribution in [0.5, 0.6) is 0 Å². The van der Waals surface area contributed by atoms with E-state index >= 15 is 0 Å². The third kappa shape index (κ3) is 3.68. The molecule has 2 rings (SSSR count). The van der Waals surface area contributed by atoms with E-state index < -0.39 is 0 Å². The molecule has 2 unspecified atom stereocenters. The molecule has 19 heavy (non-hydrogen) atoms. The molecule has 1 N–H and O–H groups in total. The third-order valence-corrected chi connectivity index (χ3v) is 4.59. The van der Waals surface area contributed by atoms with Crippen molar-refractivity contribution in [3.63, 3.8) is 0 Å². The summed E-state index contributed by atoms with van der Waals surface area (Å²) in [4.78, 5) is 19.1. The van der Waals surface area contributed by atoms with Gasteiger partial charge in [0.1, 0.15) is 0 Å². The van der Waals surface area contributed by atoms with Crippen molar-refractivity contribution in [2.24, 2.45) is 0 Å². The van der Waals surface area contributed by atoms with E-state index in [0.29, 0.717) is 6.04 Å². The normalized spacial score (nSPS) is 27.4. The van der Waals surface area contributed by atoms with Crippen LogP contribution in [0, 0.1) is 0 Å². The van der Waals surface area contributed by atoms with E-state index in [4.69, 9.17) is 0 Å². The standard InChI is InChI=1S/C14H28N4O/c1-12(18-9-6-15-7-10-18)14(19)17(3)11-13-5-4-8-16(13)2/h12-13,15H,4-11H2,1-3H3. The number of piperazine rings is 1. The van der Waals surface area contributed by atoms with Crippen LogP contribution in [0.2, 0.25) is 0 Å². The molecule has 0 aromatic carbocycles. The highest BCUT2D eigenvalue weighted by atomic mass is 16.2. The van der Waals surface area contributed by atoms with Crippen LogP contribution in [-0.2, 0) is 4.79 Å². The van der Waals surface area contributed by atoms with Crippen molar-refractivity contribution in [3.8, 4) is 0 Å². The summed E-state index contributed by atoms with van der Waals surface area (Å²) in [6, 6.07) is 0.558. The Labute approximate surface area is 116 Å². The number of amides is 1. The minimum atomic E-state index is 0.0128. The first-order valence-corrected chi connectivity index (χ1v) is 7.49. The molecule has 5 nitrogen and oxygen atoms in total. The zero-order chi connectivity index (χ0) is 13.8. The van der Waals surface area contributed by atoms with E-state index in [1.54, 1.807) is 0 Å². The van der Waals surface area contributed by atoms with Gasteiger partial charge in [-0.25, -0.2) is 0 Å². The minimum absolute atomic E-state index is 0.0128. The van der Waals surface area contributed by atoms with Gasteiger partial charge in [-0.15, -0.1) is 0 Å². The SMILES string of the molecule is CC(C(=O)N(C)CC1CCCN1C)N1CCNCC1. The molecule has 2 aliphatic rings. The van der Waals surface area contributed by atoms with Crippen LogP contribution in [-0.4, -0.2) is 86.1 Å². The first-order valence-electron chi connectivity index (χ1n) is 7.49. The molecule has 0 bridgehead atoms. The van der Waals surface area contributed by atoms with Crippen molar-refractivity contribution < 1.29 is 4.79 Å². The molecule has 0 aromatic rings. The monoisotopic (exact) mass is 268 g/mol. The van der Waals surface area contributed by atoms with Gasteiger partial charge in [-0.05, 0) is 33.4 Å². The fourth-order valence-corrected chi connectivity index (χ4v) is 3.16. The number of hydrogen-bond donors (Lipinski definition) is 1. The maximum absolute atomic E-state index is 12.5. The molecule has 2 aliphatic heterocycles. The molecule has 0 saturated carbocycles. The van der Waals surface area contributed by atoms with Gasteiger partial charge < -0.3 is 15.1 Å². The quantitative estimate of drug-likeness (QED) is 0.768. The summed E-state index contributed by atoms with van der Waals surface area (Å²) in [7, 11) is 4.11. The van der Waals surface area contributed by atoms with Gasteiger partial charge in [0.15, 0.2) is 0 Å². The van der Waals surface area contributed by atoms with Crippen LogP contribution in [0.25, 0.3) is 0 Å². The largest absolute Gasteiger partial charge is 0.343 e. The first-order chi connectivity index (χ1) is 9.09. The smallest absolute Gasteiger partial charge is 0.239 e. The van der Waals surface area contributed by atoms with Crippen molar-refractivity contribution in [1.29, 1.82) is 0 Å². The number of nitrogens with zero attached hydrogens (tertiary/aromatic N) is 3. The van der Waals surface area contributed by atoms with Crippen molar-refractivity contribution in [3.05, 3.63) is 0 Å². The van der Waals surface area contributed by atoms with Crippen molar-refractivity contribution in [1.82, 2.24) is 20.0 Å². The van der Waals surface area contributed by atoms with Crippen LogP contribution in [0.3, 0.4) is 0 Å². The molecule has 0 aliphatic carbocycles. The third-order valence-electron chi connectivity index (χ3n) is 4.59. The number of nitrogens with one attached hydrogen (secondary N) is 1. The summed E-state index contributed by atoms with van der Waals surface area (Å²) in [6.45, 7) is 8.02. The van der Waals surface area contributed by atoms with E-state index in [9.17, 15) is 4.79 Å². The summed E-state index contributed by atoms with van der Waals surface area (Å²) in [5.41, 5.74) is 0. The summed E-state index contributed by atoms with van der Waals surface area (Å²) in [5.74, 6) is 0.266. The van der Waals surface area contributed by atoms with Crippen LogP contribution in [0.15, 0.2) is 0 Å². The van der Waals surface area contributed by atoms with Gasteiger partial charge in [-0.1, -0.05) is 0 Å². The van der Waals surface area contributed by atoms with Crippen molar-refractivity contribution in [2.75, 3.05) is 53.4 Å². The van der Waals surface area contributed by atoms with E-state index in [1.165, 1.54) is 19.4 Å². The van der Waals surface area contributed by atoms with Crippen LogP contribution >= 0.6 is 0 Å². The molecule has 0 spiro atoms. The Balaban J connectivity index is 1.83. The molecule has 0 radical (unpaired) electrons. The number of carbonyl (C=O) groups is 1. The summed E-state index contributed by atoms with van der Waals surface area (Å²) >= 11 is 0. The number of likely N-dealkylation sites (N-methyl/N-ethyl adjacent to an activating group) is 2. The second-order valence-electron chi connectivity index (χ2n) is 5.96. The lowest BCUT2D eigenvalue weighted by molar-refractivity contribution is -0.135. The van der Waals surface area contributed by atoms with Gasteiger partial charge in [0.25, 0.3) is 0 Å². The highest BCUT2D eigenvalue weighted by Crippen LogP contribution is 2.16. The molecular formula is C14H28N4O. The average Bonchev–Trinajstić information content (AvgIpc) is 2.83. The number of likely N-dealkylation sites (tertiary alicyclic amines) is 1. The Morgan fingerprint density at radius 3 is 2.63 bits per heavy atom. The molecule has 2 heterocycles. The van der Waals surface area contributed by atoms with Gasteiger partial charge >= 0.3 is 0 Å². The van der Waals surface area contributed by atoms with Gasteiger partial charge in [0, 0.05) is 45.8 Å². The lowest BCUT2D eigenvalue weighted by Gasteiger charge is -2.35. The first kappa shape index (κ1) is 14.8. The van der Waals surface area contributed by atoms with E-state index in [0.717, 1.165) is 32.7 Å². The van der Waals surface area contributed by atoms with Crippen molar-refractivity contribution in [2.45, 2.75) is 31.8 Å². The molecular weight excluding hydrogens is 240 g/mol. The highest BCUT2D eigenvalue weighted by molar-refractivity contribution is 5.81. The fourth-order valence-electron chi connectivity index (χ4n) is 3.16. The van der Waals surface area contributed by atoms with Gasteiger partial charge in [-0.3, -0.25) is 9.69 Å². The maximum atomic E-state index is 12.5. The minimum Gasteiger partial charge on any atom is -0.343 e. The zero-order valence-corrected chi connectivity index (χ0v) is 12.6. The predicted molar refractivity (Wildman–Crippen MR) is 77.2 cm³/mol. The Morgan fingerprint density at radius 1 is 1.37 bits per heavy atom. The maximum Gasteiger partial charge on any atom is 0.239 e. The molecule has 2 saturated heterocycles. The van der Waals surface area contributed by atoms with Crippen molar-refractivity contribution >= 4 is 5.91 Å². The number of hydrogen-bond acceptors (Lipinski definition) is 4. The van der Waals surface area contributed by atoms with Crippen LogP contribution < -0.4 is 5.32 Å². The molecule has 1 amide bonds. The lowest BCUT2D eigenvalue weighted by Crippen LogP contribution is -2.54. The highest BCUT2D eigenvalue weighted by Gasteiger charge is 2.28. The molecule has 0 aromatic heterocycles. The predicted octanol–water partition coefficient (Wildman–Crippen LogP) is -0.167. The van der Waals surface area contributed by atoms with Crippen LogP contribution in [0.1, 0.15) is 19.8 Å². The van der Waals surface area contributed by atoms with E-state index in [1.807, 2.05) is 18.9 Å². The molecule has 2 fully saturated rings. The lowest BCUT2D eigenvalue weighted by atomic mass is 10.1. The van der Waals surface area contributed by atoms with Gasteiger partial charge in [0.2, 0.25) is 5.91 Å². The van der Waals surface area contributed by atoms with Crippen LogP contribution in [0.4, 0.5) is 0 Å². The second-order valence-corrected chi connectivity index (χ2v) is 5.96. The molecule has 5 heteroatoms. The topological polar surface area (TPSA) is 38.8 Å². The van der Waals surface area contributed by atoms with Gasteiger partial charge in [0.05, 0.1) is 6.04 Å². The Hall–Kier alpha value is -0.650. The number of rotatable bonds is 4. The Bertz CT molecular complexity index is 304. The fraction of sp³-hybridized carbons (Fsp3) is 0.929. The molecule has 2 atom stereocenters. The summed E-state index contributed by atoms with van der Waals surface area (Å²) in [5, 5.41) is 3.33. The summed E-state index contributed by atoms with van der Waals surface area (Å²) < 4.78 is 0.